The number of allylic oxidation sites excluding steroid dienone is 1. The van der Waals surface area contributed by atoms with Crippen LogP contribution in [0.5, 0.6) is 0 Å². The summed E-state index contributed by atoms with van der Waals surface area (Å²) in [5.41, 5.74) is 6.80. The summed E-state index contributed by atoms with van der Waals surface area (Å²) in [6.45, 7) is 13.4. The lowest BCUT2D eigenvalue weighted by Gasteiger charge is -2.43. The molecule has 0 aliphatic carbocycles. The summed E-state index contributed by atoms with van der Waals surface area (Å²) in [7, 11) is 0. The number of anilines is 2. The van der Waals surface area contributed by atoms with Crippen molar-refractivity contribution in [3.8, 4) is 0 Å². The van der Waals surface area contributed by atoms with Crippen molar-refractivity contribution >= 4 is 40.5 Å². The number of nitrogens with zero attached hydrogens (tertiary/aromatic N) is 3. The summed E-state index contributed by atoms with van der Waals surface area (Å²) in [6, 6.07) is 12.7. The van der Waals surface area contributed by atoms with Crippen LogP contribution in [0, 0.1) is 0 Å². The van der Waals surface area contributed by atoms with Gasteiger partial charge in [-0.2, -0.15) is 0 Å². The molecule has 0 atom stereocenters. The van der Waals surface area contributed by atoms with Crippen molar-refractivity contribution in [3.63, 3.8) is 0 Å². The van der Waals surface area contributed by atoms with Gasteiger partial charge >= 0.3 is 0 Å². The third-order valence-electron chi connectivity index (χ3n) is 6.12. The predicted molar refractivity (Wildman–Crippen MR) is 134 cm³/mol. The van der Waals surface area contributed by atoms with Gasteiger partial charge < -0.3 is 14.5 Å². The number of morpholine rings is 1. The van der Waals surface area contributed by atoms with E-state index in [1.165, 1.54) is 22.5 Å². The molecule has 164 valence electrons. The van der Waals surface area contributed by atoms with E-state index in [1.54, 1.807) is 0 Å². The minimum atomic E-state index is -0.0196. The van der Waals surface area contributed by atoms with E-state index in [4.69, 9.17) is 21.3 Å². The summed E-state index contributed by atoms with van der Waals surface area (Å²) in [6.07, 6.45) is 5.32. The van der Waals surface area contributed by atoms with E-state index < -0.39 is 0 Å². The molecule has 2 aliphatic rings. The maximum atomic E-state index is 6.70. The summed E-state index contributed by atoms with van der Waals surface area (Å²) >= 11 is 6.70. The zero-order valence-corrected chi connectivity index (χ0v) is 19.7. The molecule has 0 saturated carbocycles. The first-order chi connectivity index (χ1) is 14.9. The molecule has 4 nitrogen and oxygen atoms in total. The summed E-state index contributed by atoms with van der Waals surface area (Å²) in [5, 5.41) is 0.735. The Hall–Kier alpha value is -2.30. The Morgan fingerprint density at radius 1 is 1.13 bits per heavy atom. The minimum absolute atomic E-state index is 0.0196. The molecule has 2 aliphatic heterocycles. The van der Waals surface area contributed by atoms with Gasteiger partial charge in [0.2, 0.25) is 0 Å². The first kappa shape index (κ1) is 21.9. The van der Waals surface area contributed by atoms with Crippen LogP contribution in [-0.2, 0) is 4.74 Å². The zero-order valence-electron chi connectivity index (χ0n) is 19.0. The Morgan fingerprint density at radius 2 is 1.84 bits per heavy atom. The number of aliphatic imine (C=N–C) groups is 1. The van der Waals surface area contributed by atoms with Gasteiger partial charge in [0.25, 0.3) is 0 Å². The van der Waals surface area contributed by atoms with Gasteiger partial charge in [-0.05, 0) is 69.2 Å². The Morgan fingerprint density at radius 3 is 2.52 bits per heavy atom. The SMILES string of the molecule is CCCN1c2cc(Cl)c(C=Nc3ccc(N4CCOCC4)cc3)cc2C(C)=CC1(C)C. The summed E-state index contributed by atoms with van der Waals surface area (Å²) < 4.78 is 5.44. The molecule has 1 fully saturated rings. The van der Waals surface area contributed by atoms with Crippen molar-refractivity contribution in [2.24, 2.45) is 4.99 Å². The maximum absolute atomic E-state index is 6.70. The molecule has 0 amide bonds. The van der Waals surface area contributed by atoms with Gasteiger partial charge in [-0.25, -0.2) is 0 Å². The lowest BCUT2D eigenvalue weighted by Crippen LogP contribution is -2.45. The molecule has 0 radical (unpaired) electrons. The molecule has 0 aromatic heterocycles. The first-order valence-corrected chi connectivity index (χ1v) is 11.5. The van der Waals surface area contributed by atoms with Gasteiger partial charge in [0.15, 0.2) is 0 Å². The molecular weight excluding hydrogens is 406 g/mol. The normalized spacial score (nSPS) is 18.3. The number of rotatable bonds is 5. The number of hydrogen-bond donors (Lipinski definition) is 0. The largest absolute Gasteiger partial charge is 0.378 e. The van der Waals surface area contributed by atoms with Crippen LogP contribution in [0.2, 0.25) is 5.02 Å². The lowest BCUT2D eigenvalue weighted by atomic mass is 9.88. The maximum Gasteiger partial charge on any atom is 0.0642 e. The van der Waals surface area contributed by atoms with Gasteiger partial charge in [-0.3, -0.25) is 4.99 Å². The number of hydrogen-bond acceptors (Lipinski definition) is 4. The van der Waals surface area contributed by atoms with E-state index in [9.17, 15) is 0 Å². The van der Waals surface area contributed by atoms with E-state index in [0.29, 0.717) is 0 Å². The number of fused-ring (bicyclic) bond motifs is 1. The Bertz CT molecular complexity index is 988. The highest BCUT2D eigenvalue weighted by Gasteiger charge is 2.31. The van der Waals surface area contributed by atoms with E-state index >= 15 is 0 Å². The van der Waals surface area contributed by atoms with Gasteiger partial charge in [0.05, 0.1) is 29.5 Å². The molecule has 0 N–H and O–H groups in total. The fourth-order valence-electron chi connectivity index (χ4n) is 4.56. The van der Waals surface area contributed by atoms with Gasteiger partial charge in [-0.15, -0.1) is 0 Å². The fraction of sp³-hybridized carbons (Fsp3) is 0.423. The lowest BCUT2D eigenvalue weighted by molar-refractivity contribution is 0.122. The molecule has 2 aromatic carbocycles. The second kappa shape index (κ2) is 9.05. The van der Waals surface area contributed by atoms with Crippen molar-refractivity contribution in [1.82, 2.24) is 0 Å². The second-order valence-corrected chi connectivity index (χ2v) is 9.30. The minimum Gasteiger partial charge on any atom is -0.378 e. The zero-order chi connectivity index (χ0) is 22.0. The van der Waals surface area contributed by atoms with Crippen LogP contribution < -0.4 is 9.80 Å². The Balaban J connectivity index is 1.58. The molecule has 0 bridgehead atoms. The van der Waals surface area contributed by atoms with Crippen LogP contribution in [0.3, 0.4) is 0 Å². The quantitative estimate of drug-likeness (QED) is 0.511. The van der Waals surface area contributed by atoms with E-state index in [0.717, 1.165) is 55.5 Å². The van der Waals surface area contributed by atoms with Crippen LogP contribution in [0.25, 0.3) is 5.57 Å². The van der Waals surface area contributed by atoms with Crippen LogP contribution in [0.15, 0.2) is 47.5 Å². The van der Waals surface area contributed by atoms with E-state index in [2.05, 4.69) is 80.0 Å². The fourth-order valence-corrected chi connectivity index (χ4v) is 4.77. The molecule has 5 heteroatoms. The monoisotopic (exact) mass is 437 g/mol. The topological polar surface area (TPSA) is 28.1 Å². The second-order valence-electron chi connectivity index (χ2n) is 8.90. The third kappa shape index (κ3) is 4.65. The van der Waals surface area contributed by atoms with E-state index in [-0.39, 0.29) is 5.54 Å². The van der Waals surface area contributed by atoms with Crippen LogP contribution >= 0.6 is 11.6 Å². The highest BCUT2D eigenvalue weighted by Crippen LogP contribution is 2.41. The van der Waals surface area contributed by atoms with Gasteiger partial charge in [0, 0.05) is 48.4 Å². The number of halogens is 1. The first-order valence-electron chi connectivity index (χ1n) is 11.2. The molecule has 0 unspecified atom stereocenters. The third-order valence-corrected chi connectivity index (χ3v) is 6.45. The smallest absolute Gasteiger partial charge is 0.0642 e. The molecule has 2 heterocycles. The predicted octanol–water partition coefficient (Wildman–Crippen LogP) is 6.34. The van der Waals surface area contributed by atoms with Crippen molar-refractivity contribution in [2.45, 2.75) is 39.7 Å². The summed E-state index contributed by atoms with van der Waals surface area (Å²) in [4.78, 5) is 9.49. The van der Waals surface area contributed by atoms with Crippen LogP contribution in [-0.4, -0.2) is 44.6 Å². The standard InChI is InChI=1S/C26H32ClN3O/c1-5-10-30-25-16-24(27)20(15-23(25)19(2)17-26(30,3)4)18-28-21-6-8-22(9-7-21)29-11-13-31-14-12-29/h6-9,15-18H,5,10-14H2,1-4H3. The van der Waals surface area contributed by atoms with Gasteiger partial charge in [-0.1, -0.05) is 24.6 Å². The molecule has 2 aromatic rings. The van der Waals surface area contributed by atoms with Crippen molar-refractivity contribution in [2.75, 3.05) is 42.6 Å². The number of benzene rings is 2. The molecule has 0 spiro atoms. The highest BCUT2D eigenvalue weighted by molar-refractivity contribution is 6.33. The van der Waals surface area contributed by atoms with E-state index in [1.807, 2.05) is 6.21 Å². The summed E-state index contributed by atoms with van der Waals surface area (Å²) in [5.74, 6) is 0. The molecule has 1 saturated heterocycles. The number of ether oxygens (including phenoxy) is 1. The Labute approximate surface area is 191 Å². The van der Waals surface area contributed by atoms with Crippen molar-refractivity contribution in [3.05, 3.63) is 58.6 Å². The highest BCUT2D eigenvalue weighted by atomic mass is 35.5. The molecular formula is C26H32ClN3O. The Kier molecular flexibility index (Phi) is 6.40. The van der Waals surface area contributed by atoms with Crippen LogP contribution in [0.4, 0.5) is 17.1 Å². The van der Waals surface area contributed by atoms with Gasteiger partial charge in [0.1, 0.15) is 0 Å². The average Bonchev–Trinajstić information content (AvgIpc) is 2.76. The van der Waals surface area contributed by atoms with Crippen LogP contribution in [0.1, 0.15) is 45.2 Å². The van der Waals surface area contributed by atoms with Crippen molar-refractivity contribution in [1.29, 1.82) is 0 Å². The average molecular weight is 438 g/mol. The van der Waals surface area contributed by atoms with Crippen molar-refractivity contribution < 1.29 is 4.74 Å². The molecule has 4 rings (SSSR count). The molecule has 31 heavy (non-hydrogen) atoms.